The molecule has 1 heterocycles. The zero-order chi connectivity index (χ0) is 18.1. The van der Waals surface area contributed by atoms with Gasteiger partial charge in [0.05, 0.1) is 6.04 Å². The lowest BCUT2D eigenvalue weighted by molar-refractivity contribution is -0.179. The van der Waals surface area contributed by atoms with E-state index in [9.17, 15) is 4.79 Å². The van der Waals surface area contributed by atoms with Gasteiger partial charge in [0.15, 0.2) is 0 Å². The Morgan fingerprint density at radius 2 is 1.23 bits per heavy atom. The standard InChI is InChI=1S/C23H20FNO/c1-23(24)21(19-15-9-4-10-16-19)25(22(23)26)20(17-11-5-2-6-12-17)18-13-7-3-8-14-18/h2-16,20-21H,1H3/t21-,23+/m0/s1. The number of nitrogens with zero attached hydrogens (tertiary/aromatic N) is 1. The summed E-state index contributed by atoms with van der Waals surface area (Å²) >= 11 is 0. The van der Waals surface area contributed by atoms with Gasteiger partial charge in [0.1, 0.15) is 6.04 Å². The number of carbonyl (C=O) groups excluding carboxylic acids is 1. The molecule has 3 aromatic carbocycles. The molecule has 0 spiro atoms. The van der Waals surface area contributed by atoms with E-state index >= 15 is 4.39 Å². The molecule has 0 radical (unpaired) electrons. The fourth-order valence-corrected chi connectivity index (χ4v) is 3.84. The van der Waals surface area contributed by atoms with Crippen molar-refractivity contribution in [1.82, 2.24) is 4.90 Å². The van der Waals surface area contributed by atoms with Gasteiger partial charge in [-0.3, -0.25) is 4.79 Å². The first-order valence-electron chi connectivity index (χ1n) is 8.77. The fourth-order valence-electron chi connectivity index (χ4n) is 3.84. The van der Waals surface area contributed by atoms with Crippen molar-refractivity contribution < 1.29 is 9.18 Å². The van der Waals surface area contributed by atoms with Crippen molar-refractivity contribution >= 4 is 5.91 Å². The monoisotopic (exact) mass is 345 g/mol. The molecule has 26 heavy (non-hydrogen) atoms. The highest BCUT2D eigenvalue weighted by molar-refractivity contribution is 5.93. The second kappa shape index (κ2) is 6.41. The number of rotatable bonds is 4. The Hall–Kier alpha value is -2.94. The molecule has 2 nitrogen and oxygen atoms in total. The molecular weight excluding hydrogens is 325 g/mol. The molecule has 4 rings (SSSR count). The maximum Gasteiger partial charge on any atom is 0.263 e. The summed E-state index contributed by atoms with van der Waals surface area (Å²) in [6, 6.07) is 28.1. The summed E-state index contributed by atoms with van der Waals surface area (Å²) < 4.78 is 15.2. The highest BCUT2D eigenvalue weighted by atomic mass is 19.1. The van der Waals surface area contributed by atoms with Gasteiger partial charge >= 0.3 is 0 Å². The van der Waals surface area contributed by atoms with Crippen molar-refractivity contribution in [2.75, 3.05) is 0 Å². The van der Waals surface area contributed by atoms with Gasteiger partial charge in [0.2, 0.25) is 5.67 Å². The van der Waals surface area contributed by atoms with Gasteiger partial charge in [-0.25, -0.2) is 4.39 Å². The Labute approximate surface area is 152 Å². The number of amides is 1. The van der Waals surface area contributed by atoms with Crippen LogP contribution in [0.4, 0.5) is 4.39 Å². The molecule has 2 atom stereocenters. The molecule has 130 valence electrons. The summed E-state index contributed by atoms with van der Waals surface area (Å²) in [5, 5.41) is 0. The van der Waals surface area contributed by atoms with Crippen LogP contribution in [0.1, 0.15) is 35.7 Å². The molecule has 3 heteroatoms. The van der Waals surface area contributed by atoms with Crippen molar-refractivity contribution in [3.8, 4) is 0 Å². The first-order valence-corrected chi connectivity index (χ1v) is 8.77. The number of hydrogen-bond acceptors (Lipinski definition) is 1. The topological polar surface area (TPSA) is 20.3 Å². The predicted molar refractivity (Wildman–Crippen MR) is 100 cm³/mol. The number of β-lactam (4-membered cyclic amide) rings is 1. The van der Waals surface area contributed by atoms with E-state index in [4.69, 9.17) is 0 Å². The van der Waals surface area contributed by atoms with E-state index in [2.05, 4.69) is 0 Å². The Morgan fingerprint density at radius 1 is 0.808 bits per heavy atom. The zero-order valence-corrected chi connectivity index (χ0v) is 14.5. The number of benzene rings is 3. The fraction of sp³-hybridized carbons (Fsp3) is 0.174. The number of alkyl halides is 1. The summed E-state index contributed by atoms with van der Waals surface area (Å²) in [6.07, 6.45) is 0. The van der Waals surface area contributed by atoms with E-state index in [0.717, 1.165) is 16.7 Å². The van der Waals surface area contributed by atoms with Crippen molar-refractivity contribution in [3.05, 3.63) is 108 Å². The van der Waals surface area contributed by atoms with Gasteiger partial charge < -0.3 is 4.90 Å². The van der Waals surface area contributed by atoms with Gasteiger partial charge in [-0.05, 0) is 23.6 Å². The van der Waals surface area contributed by atoms with Crippen LogP contribution in [0, 0.1) is 0 Å². The first-order chi connectivity index (χ1) is 12.6. The van der Waals surface area contributed by atoms with Crippen LogP contribution < -0.4 is 0 Å². The lowest BCUT2D eigenvalue weighted by Crippen LogP contribution is -2.65. The number of halogens is 1. The van der Waals surface area contributed by atoms with Gasteiger partial charge in [-0.15, -0.1) is 0 Å². The summed E-state index contributed by atoms with van der Waals surface area (Å²) in [7, 11) is 0. The van der Waals surface area contributed by atoms with Crippen LogP contribution in [0.3, 0.4) is 0 Å². The Morgan fingerprint density at radius 3 is 1.69 bits per heavy atom. The quantitative estimate of drug-likeness (QED) is 0.603. The molecule has 3 aromatic rings. The summed E-state index contributed by atoms with van der Waals surface area (Å²) in [5.74, 6) is -0.468. The maximum atomic E-state index is 15.2. The number of hydrogen-bond donors (Lipinski definition) is 0. The van der Waals surface area contributed by atoms with Crippen molar-refractivity contribution in [3.63, 3.8) is 0 Å². The zero-order valence-electron chi connectivity index (χ0n) is 14.5. The van der Waals surface area contributed by atoms with Crippen LogP contribution in [0.25, 0.3) is 0 Å². The van der Waals surface area contributed by atoms with Crippen molar-refractivity contribution in [1.29, 1.82) is 0 Å². The second-order valence-corrected chi connectivity index (χ2v) is 6.83. The normalized spacial score (nSPS) is 22.3. The van der Waals surface area contributed by atoms with Crippen LogP contribution in [0.2, 0.25) is 0 Å². The van der Waals surface area contributed by atoms with E-state index < -0.39 is 17.6 Å². The van der Waals surface area contributed by atoms with Gasteiger partial charge in [-0.2, -0.15) is 0 Å². The van der Waals surface area contributed by atoms with Gasteiger partial charge in [0, 0.05) is 0 Å². The van der Waals surface area contributed by atoms with E-state index in [0.29, 0.717) is 0 Å². The molecule has 0 aliphatic carbocycles. The molecule has 0 saturated carbocycles. The molecule has 0 bridgehead atoms. The first kappa shape index (κ1) is 16.5. The summed E-state index contributed by atoms with van der Waals surface area (Å²) in [6.45, 7) is 1.39. The Kier molecular flexibility index (Phi) is 4.08. The Bertz CT molecular complexity index is 854. The van der Waals surface area contributed by atoms with Crippen molar-refractivity contribution in [2.45, 2.75) is 24.7 Å². The minimum atomic E-state index is -1.90. The smallest absolute Gasteiger partial charge is 0.263 e. The molecule has 1 fully saturated rings. The third-order valence-electron chi connectivity index (χ3n) is 5.07. The highest BCUT2D eigenvalue weighted by Crippen LogP contribution is 2.51. The second-order valence-electron chi connectivity index (χ2n) is 6.83. The molecule has 0 aromatic heterocycles. The van der Waals surface area contributed by atoms with Crippen LogP contribution in [0.5, 0.6) is 0 Å². The predicted octanol–water partition coefficient (Wildman–Crippen LogP) is 5.09. The lowest BCUT2D eigenvalue weighted by atomic mass is 9.77. The van der Waals surface area contributed by atoms with Crippen LogP contribution in [-0.4, -0.2) is 16.5 Å². The molecular formula is C23H20FNO. The molecule has 1 saturated heterocycles. The average Bonchev–Trinajstić information content (AvgIpc) is 2.69. The molecule has 1 amide bonds. The van der Waals surface area contributed by atoms with Crippen LogP contribution in [-0.2, 0) is 4.79 Å². The highest BCUT2D eigenvalue weighted by Gasteiger charge is 2.61. The van der Waals surface area contributed by atoms with E-state index in [1.54, 1.807) is 4.90 Å². The minimum absolute atomic E-state index is 0.320. The maximum absolute atomic E-state index is 15.2. The van der Waals surface area contributed by atoms with E-state index in [1.807, 2.05) is 91.0 Å². The Balaban J connectivity index is 1.84. The molecule has 0 unspecified atom stereocenters. The van der Waals surface area contributed by atoms with Crippen LogP contribution in [0.15, 0.2) is 91.0 Å². The summed E-state index contributed by atoms with van der Waals surface area (Å²) in [5.41, 5.74) is 0.865. The third-order valence-corrected chi connectivity index (χ3v) is 5.07. The summed E-state index contributed by atoms with van der Waals surface area (Å²) in [4.78, 5) is 14.5. The van der Waals surface area contributed by atoms with Gasteiger partial charge in [0.25, 0.3) is 5.91 Å². The van der Waals surface area contributed by atoms with E-state index in [-0.39, 0.29) is 6.04 Å². The van der Waals surface area contributed by atoms with Gasteiger partial charge in [-0.1, -0.05) is 91.0 Å². The molecule has 1 aliphatic rings. The lowest BCUT2D eigenvalue weighted by Gasteiger charge is -2.53. The largest absolute Gasteiger partial charge is 0.318 e. The minimum Gasteiger partial charge on any atom is -0.318 e. The number of carbonyl (C=O) groups is 1. The van der Waals surface area contributed by atoms with Crippen molar-refractivity contribution in [2.24, 2.45) is 0 Å². The molecule has 1 aliphatic heterocycles. The average molecular weight is 345 g/mol. The van der Waals surface area contributed by atoms with Crippen LogP contribution >= 0.6 is 0 Å². The molecule has 0 N–H and O–H groups in total. The SMILES string of the molecule is C[C@]1(F)C(=O)N(C(c2ccccc2)c2ccccc2)[C@H]1c1ccccc1. The number of likely N-dealkylation sites (tertiary alicyclic amines) is 1. The third kappa shape index (κ3) is 2.60. The van der Waals surface area contributed by atoms with E-state index in [1.165, 1.54) is 6.92 Å².